The van der Waals surface area contributed by atoms with Gasteiger partial charge in [-0.3, -0.25) is 9.59 Å². The third-order valence-corrected chi connectivity index (χ3v) is 2.16. The van der Waals surface area contributed by atoms with Crippen LogP contribution in [-0.2, 0) is 19.2 Å². The van der Waals surface area contributed by atoms with Gasteiger partial charge in [0.15, 0.2) is 11.6 Å². The first kappa shape index (κ1) is 14.2. The highest BCUT2D eigenvalue weighted by molar-refractivity contribution is 6.20. The fraction of sp³-hybridized carbons (Fsp3) is 0.500. The summed E-state index contributed by atoms with van der Waals surface area (Å²) in [6.07, 6.45) is 0. The minimum absolute atomic E-state index is 0.547. The number of carbonyl (C=O) groups excluding carboxylic acids is 2. The van der Waals surface area contributed by atoms with Crippen molar-refractivity contribution in [2.24, 2.45) is 0 Å². The minimum Gasteiger partial charge on any atom is -0.479 e. The van der Waals surface area contributed by atoms with E-state index in [4.69, 9.17) is 10.2 Å². The third kappa shape index (κ3) is 1.57. The zero-order chi connectivity index (χ0) is 13.3. The van der Waals surface area contributed by atoms with Crippen LogP contribution in [0.4, 0.5) is 0 Å². The smallest absolute Gasteiger partial charge is 0.347 e. The molecule has 16 heavy (non-hydrogen) atoms. The molecule has 0 bridgehead atoms. The highest BCUT2D eigenvalue weighted by Gasteiger charge is 2.67. The first-order valence-electron chi connectivity index (χ1n) is 3.96. The van der Waals surface area contributed by atoms with E-state index in [9.17, 15) is 29.4 Å². The van der Waals surface area contributed by atoms with Crippen molar-refractivity contribution in [3.8, 4) is 0 Å². The summed E-state index contributed by atoms with van der Waals surface area (Å²) in [6.45, 7) is 1.09. The van der Waals surface area contributed by atoms with Gasteiger partial charge < -0.3 is 20.4 Å². The molecule has 2 atom stereocenters. The van der Waals surface area contributed by atoms with Crippen LogP contribution < -0.4 is 0 Å². The number of rotatable bonds is 5. The summed E-state index contributed by atoms with van der Waals surface area (Å²) in [4.78, 5) is 43.3. The first-order valence-corrected chi connectivity index (χ1v) is 3.96. The lowest BCUT2D eigenvalue weighted by atomic mass is 9.77. The number of carboxylic acid groups (broad SMARTS) is 2. The van der Waals surface area contributed by atoms with Crippen LogP contribution in [0, 0.1) is 0 Å². The number of aliphatic hydroxyl groups is 2. The molecule has 0 saturated heterocycles. The summed E-state index contributed by atoms with van der Waals surface area (Å²) in [5, 5.41) is 36.0. The van der Waals surface area contributed by atoms with Gasteiger partial charge in [0, 0.05) is 0 Å². The van der Waals surface area contributed by atoms with Gasteiger partial charge in [-0.25, -0.2) is 9.59 Å². The molecule has 0 aromatic carbocycles. The Morgan fingerprint density at radius 3 is 1.00 bits per heavy atom. The van der Waals surface area contributed by atoms with Crippen LogP contribution in [0.3, 0.4) is 0 Å². The molecule has 4 N–H and O–H groups in total. The Kier molecular flexibility index (Phi) is 3.54. The third-order valence-electron chi connectivity index (χ3n) is 2.16. The lowest BCUT2D eigenvalue weighted by molar-refractivity contribution is -0.206. The number of ketones is 2. The number of hydrogen-bond donors (Lipinski definition) is 4. The zero-order valence-electron chi connectivity index (χ0n) is 8.42. The summed E-state index contributed by atoms with van der Waals surface area (Å²) in [5.74, 6) is -7.78. The van der Waals surface area contributed by atoms with Gasteiger partial charge in [-0.05, 0) is 13.8 Å². The molecule has 90 valence electrons. The molecule has 0 aromatic heterocycles. The summed E-state index contributed by atoms with van der Waals surface area (Å²) in [6, 6.07) is 0. The van der Waals surface area contributed by atoms with Crippen LogP contribution >= 0.6 is 0 Å². The van der Waals surface area contributed by atoms with Crippen molar-refractivity contribution in [3.63, 3.8) is 0 Å². The fourth-order valence-corrected chi connectivity index (χ4v) is 1.12. The van der Waals surface area contributed by atoms with E-state index in [2.05, 4.69) is 0 Å². The molecule has 0 fully saturated rings. The molecule has 0 radical (unpaired) electrons. The molecule has 0 aromatic rings. The fourth-order valence-electron chi connectivity index (χ4n) is 1.12. The molecular weight excluding hydrogens is 224 g/mol. The molecule has 0 heterocycles. The highest BCUT2D eigenvalue weighted by Crippen LogP contribution is 2.26. The van der Waals surface area contributed by atoms with Gasteiger partial charge in [0.1, 0.15) is 0 Å². The molecule has 8 heteroatoms. The molecule has 0 amide bonds. The molecule has 0 rings (SSSR count). The minimum atomic E-state index is -3.72. The van der Waals surface area contributed by atoms with E-state index in [-0.39, 0.29) is 0 Å². The Morgan fingerprint density at radius 1 is 0.750 bits per heavy atom. The van der Waals surface area contributed by atoms with E-state index < -0.39 is 34.7 Å². The van der Waals surface area contributed by atoms with E-state index in [0.717, 1.165) is 0 Å². The Hall–Kier alpha value is -1.80. The summed E-state index contributed by atoms with van der Waals surface area (Å²) in [5.41, 5.74) is -7.44. The van der Waals surface area contributed by atoms with Gasteiger partial charge in [0.25, 0.3) is 11.2 Å². The molecule has 0 unspecified atom stereocenters. The maximum Gasteiger partial charge on any atom is 0.347 e. The van der Waals surface area contributed by atoms with Crippen molar-refractivity contribution < 1.29 is 39.6 Å². The normalized spacial score (nSPS) is 18.0. The number of hydrogen-bond acceptors (Lipinski definition) is 6. The molecule has 0 saturated carbocycles. The number of carbonyl (C=O) groups is 4. The molecular formula is C8H10O8. The van der Waals surface area contributed by atoms with E-state index in [1.54, 1.807) is 0 Å². The molecule has 0 aliphatic carbocycles. The topological polar surface area (TPSA) is 149 Å². The number of Topliss-reactive ketones (excluding diaryl/α,β-unsaturated/α-hetero) is 2. The Bertz CT molecular complexity index is 304. The van der Waals surface area contributed by atoms with Crippen molar-refractivity contribution in [1.29, 1.82) is 0 Å². The maximum absolute atomic E-state index is 11.0. The molecule has 8 nitrogen and oxygen atoms in total. The van der Waals surface area contributed by atoms with E-state index in [0.29, 0.717) is 13.8 Å². The Balaban J connectivity index is 6.05. The van der Waals surface area contributed by atoms with E-state index >= 15 is 0 Å². The average Bonchev–Trinajstić information content (AvgIpc) is 2.13. The van der Waals surface area contributed by atoms with Crippen LogP contribution in [0.2, 0.25) is 0 Å². The molecule has 0 aliphatic heterocycles. The second-order valence-corrected chi connectivity index (χ2v) is 3.14. The van der Waals surface area contributed by atoms with Gasteiger partial charge >= 0.3 is 11.9 Å². The van der Waals surface area contributed by atoms with Crippen LogP contribution in [0.15, 0.2) is 0 Å². The van der Waals surface area contributed by atoms with E-state index in [1.165, 1.54) is 0 Å². The van der Waals surface area contributed by atoms with E-state index in [1.807, 2.05) is 0 Å². The number of aliphatic carboxylic acids is 2. The summed E-state index contributed by atoms with van der Waals surface area (Å²) < 4.78 is 0. The van der Waals surface area contributed by atoms with Crippen molar-refractivity contribution in [2.45, 2.75) is 25.0 Å². The Morgan fingerprint density at radius 2 is 0.938 bits per heavy atom. The van der Waals surface area contributed by atoms with Crippen molar-refractivity contribution in [2.75, 3.05) is 0 Å². The summed E-state index contributed by atoms with van der Waals surface area (Å²) in [7, 11) is 0. The second-order valence-electron chi connectivity index (χ2n) is 3.14. The molecule has 0 spiro atoms. The second kappa shape index (κ2) is 3.99. The van der Waals surface area contributed by atoms with Crippen LogP contribution in [-0.4, -0.2) is 55.1 Å². The quantitative estimate of drug-likeness (QED) is 0.391. The predicted molar refractivity (Wildman–Crippen MR) is 46.5 cm³/mol. The van der Waals surface area contributed by atoms with Crippen LogP contribution in [0.5, 0.6) is 0 Å². The van der Waals surface area contributed by atoms with Crippen molar-refractivity contribution >= 4 is 23.5 Å². The number of carboxylic acids is 2. The van der Waals surface area contributed by atoms with Crippen LogP contribution in [0.1, 0.15) is 13.8 Å². The van der Waals surface area contributed by atoms with Gasteiger partial charge in [0.05, 0.1) is 0 Å². The highest BCUT2D eigenvalue weighted by atomic mass is 16.5. The zero-order valence-corrected chi connectivity index (χ0v) is 8.42. The largest absolute Gasteiger partial charge is 0.479 e. The molecule has 0 aliphatic rings. The maximum atomic E-state index is 11.0. The average molecular weight is 234 g/mol. The predicted octanol–water partition coefficient (Wildman–Crippen LogP) is -2.20. The lowest BCUT2D eigenvalue weighted by Gasteiger charge is -2.32. The van der Waals surface area contributed by atoms with Gasteiger partial charge in [-0.15, -0.1) is 0 Å². The standard InChI is InChI=1S/C8H10O8/c1-3(9)7(15,5(11)12)8(16,4(2)10)6(13)14/h15-16H,1-2H3,(H,11,12)(H,13,14)/t7-,8+. The van der Waals surface area contributed by atoms with Gasteiger partial charge in [-0.2, -0.15) is 0 Å². The summed E-state index contributed by atoms with van der Waals surface area (Å²) >= 11 is 0. The van der Waals surface area contributed by atoms with Gasteiger partial charge in [0.2, 0.25) is 0 Å². The van der Waals surface area contributed by atoms with Crippen LogP contribution in [0.25, 0.3) is 0 Å². The SMILES string of the molecule is CC(=O)[C@@](O)(C(=O)O)[C@](O)(C(C)=O)C(=O)O. The van der Waals surface area contributed by atoms with Crippen molar-refractivity contribution in [1.82, 2.24) is 0 Å². The Labute approximate surface area is 89.1 Å². The lowest BCUT2D eigenvalue weighted by Crippen LogP contribution is -2.70. The monoisotopic (exact) mass is 234 g/mol. The first-order chi connectivity index (χ1) is 7.02. The van der Waals surface area contributed by atoms with Crippen molar-refractivity contribution in [3.05, 3.63) is 0 Å². The van der Waals surface area contributed by atoms with Gasteiger partial charge in [-0.1, -0.05) is 0 Å².